The summed E-state index contributed by atoms with van der Waals surface area (Å²) in [5.41, 5.74) is 2.41. The number of aryl methyl sites for hydroxylation is 1. The average molecular weight is 274 g/mol. The fraction of sp³-hybridized carbons (Fsp3) is 0.588. The van der Waals surface area contributed by atoms with E-state index in [0.717, 1.165) is 26.1 Å². The average Bonchev–Trinajstić information content (AvgIpc) is 2.45. The van der Waals surface area contributed by atoms with Crippen molar-refractivity contribution in [1.29, 1.82) is 0 Å². The van der Waals surface area contributed by atoms with Crippen LogP contribution < -0.4 is 4.90 Å². The second-order valence-corrected chi connectivity index (χ2v) is 5.89. The molecule has 1 atom stereocenters. The van der Waals surface area contributed by atoms with Crippen LogP contribution in [0.5, 0.6) is 0 Å². The van der Waals surface area contributed by atoms with Gasteiger partial charge in [-0.2, -0.15) is 0 Å². The van der Waals surface area contributed by atoms with Gasteiger partial charge >= 0.3 is 0 Å². The first-order valence-corrected chi connectivity index (χ1v) is 7.70. The third kappa shape index (κ3) is 3.53. The number of amides is 1. The van der Waals surface area contributed by atoms with E-state index in [1.165, 1.54) is 17.7 Å². The Morgan fingerprint density at radius 3 is 2.80 bits per heavy atom. The first kappa shape index (κ1) is 14.9. The molecule has 3 nitrogen and oxygen atoms in total. The number of hydrogen-bond donors (Lipinski definition) is 0. The summed E-state index contributed by atoms with van der Waals surface area (Å²) in [6.07, 6.45) is 2.39. The quantitative estimate of drug-likeness (QED) is 0.842. The molecule has 0 N–H and O–H groups in total. The van der Waals surface area contributed by atoms with E-state index in [0.29, 0.717) is 12.5 Å². The number of benzene rings is 1. The highest BCUT2D eigenvalue weighted by Gasteiger charge is 2.22. The molecule has 110 valence electrons. The molecule has 0 spiro atoms. The van der Waals surface area contributed by atoms with Crippen molar-refractivity contribution in [2.24, 2.45) is 5.92 Å². The highest BCUT2D eigenvalue weighted by molar-refractivity contribution is 5.82. The van der Waals surface area contributed by atoms with Gasteiger partial charge in [0.1, 0.15) is 0 Å². The maximum atomic E-state index is 12.5. The summed E-state index contributed by atoms with van der Waals surface area (Å²) in [6.45, 7) is 9.65. The normalized spacial score (nSPS) is 18.9. The molecule has 0 aromatic heterocycles. The fourth-order valence-electron chi connectivity index (χ4n) is 2.96. The van der Waals surface area contributed by atoms with Gasteiger partial charge in [-0.05, 0) is 44.2 Å². The molecule has 1 fully saturated rings. The van der Waals surface area contributed by atoms with E-state index in [1.54, 1.807) is 0 Å². The number of likely N-dealkylation sites (tertiary alicyclic amines) is 1. The van der Waals surface area contributed by atoms with Crippen molar-refractivity contribution >= 4 is 11.6 Å². The molecular weight excluding hydrogens is 248 g/mol. The minimum absolute atomic E-state index is 0.265. The topological polar surface area (TPSA) is 23.6 Å². The summed E-state index contributed by atoms with van der Waals surface area (Å²) in [5.74, 6) is 0.905. The van der Waals surface area contributed by atoms with E-state index in [9.17, 15) is 4.79 Å². The SMILES string of the molecule is CCN(CC(=O)N1CCCC(C)C1)c1ccccc1C. The van der Waals surface area contributed by atoms with Crippen LogP contribution in [-0.4, -0.2) is 37.0 Å². The molecule has 0 saturated carbocycles. The Morgan fingerprint density at radius 1 is 1.40 bits per heavy atom. The zero-order valence-electron chi connectivity index (χ0n) is 12.9. The Labute approximate surface area is 122 Å². The van der Waals surface area contributed by atoms with Crippen molar-refractivity contribution in [3.05, 3.63) is 29.8 Å². The molecular formula is C17H26N2O. The molecule has 1 aliphatic heterocycles. The summed E-state index contributed by atoms with van der Waals surface area (Å²) in [5, 5.41) is 0. The van der Waals surface area contributed by atoms with Gasteiger partial charge in [-0.1, -0.05) is 25.1 Å². The smallest absolute Gasteiger partial charge is 0.242 e. The Hall–Kier alpha value is -1.51. The Balaban J connectivity index is 2.03. The monoisotopic (exact) mass is 274 g/mol. The van der Waals surface area contributed by atoms with Crippen LogP contribution in [0, 0.1) is 12.8 Å². The summed E-state index contributed by atoms with van der Waals surface area (Å²) in [7, 11) is 0. The summed E-state index contributed by atoms with van der Waals surface area (Å²) >= 11 is 0. The Kier molecular flexibility index (Phi) is 5.05. The number of piperidine rings is 1. The molecule has 1 unspecified atom stereocenters. The minimum Gasteiger partial charge on any atom is -0.362 e. The number of nitrogens with zero attached hydrogens (tertiary/aromatic N) is 2. The van der Waals surface area contributed by atoms with Crippen LogP contribution in [-0.2, 0) is 4.79 Å². The molecule has 1 saturated heterocycles. The van der Waals surface area contributed by atoms with Gasteiger partial charge in [0.15, 0.2) is 0 Å². The highest BCUT2D eigenvalue weighted by atomic mass is 16.2. The van der Waals surface area contributed by atoms with Crippen molar-refractivity contribution < 1.29 is 4.79 Å². The number of hydrogen-bond acceptors (Lipinski definition) is 2. The van der Waals surface area contributed by atoms with E-state index in [-0.39, 0.29) is 5.91 Å². The van der Waals surface area contributed by atoms with Crippen LogP contribution in [0.15, 0.2) is 24.3 Å². The van der Waals surface area contributed by atoms with E-state index < -0.39 is 0 Å². The third-order valence-corrected chi connectivity index (χ3v) is 4.17. The largest absolute Gasteiger partial charge is 0.362 e. The first-order chi connectivity index (χ1) is 9.61. The zero-order chi connectivity index (χ0) is 14.5. The molecule has 3 heteroatoms. The lowest BCUT2D eigenvalue weighted by Crippen LogP contribution is -2.44. The number of rotatable bonds is 4. The van der Waals surface area contributed by atoms with Crippen molar-refractivity contribution in [2.75, 3.05) is 31.1 Å². The third-order valence-electron chi connectivity index (χ3n) is 4.17. The van der Waals surface area contributed by atoms with Crippen LogP contribution in [0.1, 0.15) is 32.3 Å². The molecule has 1 aromatic rings. The van der Waals surface area contributed by atoms with Crippen LogP contribution in [0.4, 0.5) is 5.69 Å². The number of para-hydroxylation sites is 1. The lowest BCUT2D eigenvalue weighted by atomic mass is 10.0. The van der Waals surface area contributed by atoms with Gasteiger partial charge in [-0.25, -0.2) is 0 Å². The van der Waals surface area contributed by atoms with Gasteiger partial charge in [0, 0.05) is 25.3 Å². The summed E-state index contributed by atoms with van der Waals surface area (Å²) < 4.78 is 0. The van der Waals surface area contributed by atoms with Crippen molar-refractivity contribution in [3.63, 3.8) is 0 Å². The molecule has 0 aliphatic carbocycles. The lowest BCUT2D eigenvalue weighted by Gasteiger charge is -2.33. The van der Waals surface area contributed by atoms with Gasteiger partial charge < -0.3 is 9.80 Å². The summed E-state index contributed by atoms with van der Waals surface area (Å²) in [6, 6.07) is 8.29. The Morgan fingerprint density at radius 2 is 2.15 bits per heavy atom. The van der Waals surface area contributed by atoms with Crippen LogP contribution in [0.3, 0.4) is 0 Å². The second-order valence-electron chi connectivity index (χ2n) is 5.89. The van der Waals surface area contributed by atoms with Gasteiger partial charge in [0.2, 0.25) is 5.91 Å². The predicted molar refractivity (Wildman–Crippen MR) is 84.0 cm³/mol. The van der Waals surface area contributed by atoms with Crippen molar-refractivity contribution in [1.82, 2.24) is 4.90 Å². The van der Waals surface area contributed by atoms with Gasteiger partial charge in [0.05, 0.1) is 6.54 Å². The molecule has 1 amide bonds. The molecule has 0 radical (unpaired) electrons. The number of carbonyl (C=O) groups excluding carboxylic acids is 1. The van der Waals surface area contributed by atoms with E-state index in [2.05, 4.69) is 37.8 Å². The Bertz CT molecular complexity index is 458. The standard InChI is InChI=1S/C17H26N2O/c1-4-18(16-10-6-5-9-15(16)3)13-17(20)19-11-7-8-14(2)12-19/h5-6,9-10,14H,4,7-8,11-13H2,1-3H3. The second kappa shape index (κ2) is 6.78. The maximum absolute atomic E-state index is 12.5. The maximum Gasteiger partial charge on any atom is 0.242 e. The first-order valence-electron chi connectivity index (χ1n) is 7.70. The molecule has 2 rings (SSSR count). The van der Waals surface area contributed by atoms with Crippen molar-refractivity contribution in [2.45, 2.75) is 33.6 Å². The fourth-order valence-corrected chi connectivity index (χ4v) is 2.96. The van der Waals surface area contributed by atoms with Crippen LogP contribution >= 0.6 is 0 Å². The van der Waals surface area contributed by atoms with E-state index in [1.807, 2.05) is 17.0 Å². The van der Waals surface area contributed by atoms with Gasteiger partial charge in [-0.3, -0.25) is 4.79 Å². The highest BCUT2D eigenvalue weighted by Crippen LogP contribution is 2.20. The number of anilines is 1. The summed E-state index contributed by atoms with van der Waals surface area (Å²) in [4.78, 5) is 16.7. The minimum atomic E-state index is 0.265. The van der Waals surface area contributed by atoms with Gasteiger partial charge in [0.25, 0.3) is 0 Å². The molecule has 1 aliphatic rings. The van der Waals surface area contributed by atoms with Crippen LogP contribution in [0.25, 0.3) is 0 Å². The lowest BCUT2D eigenvalue weighted by molar-refractivity contribution is -0.131. The predicted octanol–water partition coefficient (Wildman–Crippen LogP) is 3.08. The molecule has 1 aromatic carbocycles. The zero-order valence-corrected chi connectivity index (χ0v) is 12.9. The van der Waals surface area contributed by atoms with E-state index in [4.69, 9.17) is 0 Å². The molecule has 1 heterocycles. The van der Waals surface area contributed by atoms with Crippen LogP contribution in [0.2, 0.25) is 0 Å². The van der Waals surface area contributed by atoms with Crippen molar-refractivity contribution in [3.8, 4) is 0 Å². The number of carbonyl (C=O) groups is 1. The molecule has 20 heavy (non-hydrogen) atoms. The molecule has 0 bridgehead atoms. The number of likely N-dealkylation sites (N-methyl/N-ethyl adjacent to an activating group) is 1. The van der Waals surface area contributed by atoms with Gasteiger partial charge in [-0.15, -0.1) is 0 Å². The van der Waals surface area contributed by atoms with E-state index >= 15 is 0 Å².